The molecule has 2 heterocycles. The molecule has 3 aromatic rings. The van der Waals surface area contributed by atoms with Crippen LogP contribution in [-0.2, 0) is 0 Å². The van der Waals surface area contributed by atoms with Gasteiger partial charge >= 0.3 is 0 Å². The van der Waals surface area contributed by atoms with Gasteiger partial charge in [-0.15, -0.1) is 11.3 Å². The highest BCUT2D eigenvalue weighted by atomic mass is 32.1. The van der Waals surface area contributed by atoms with Gasteiger partial charge in [0.1, 0.15) is 11.1 Å². The summed E-state index contributed by atoms with van der Waals surface area (Å²) in [6.07, 6.45) is 1.52. The number of rotatable bonds is 7. The number of aliphatic hydroxyl groups is 1. The molecule has 0 fully saturated rings. The molecule has 0 saturated carbocycles. The van der Waals surface area contributed by atoms with Gasteiger partial charge < -0.3 is 25.0 Å². The van der Waals surface area contributed by atoms with Crippen molar-refractivity contribution in [1.29, 1.82) is 0 Å². The first kappa shape index (κ1) is 25.8. The van der Waals surface area contributed by atoms with Crippen LogP contribution in [0.1, 0.15) is 34.6 Å². The molecule has 9 heteroatoms. The van der Waals surface area contributed by atoms with Crippen molar-refractivity contribution >= 4 is 28.8 Å². The Morgan fingerprint density at radius 1 is 1.28 bits per heavy atom. The Morgan fingerprint density at radius 2 is 2.03 bits per heavy atom. The third-order valence-corrected chi connectivity index (χ3v) is 7.13. The summed E-state index contributed by atoms with van der Waals surface area (Å²) in [5, 5.41) is 15.5. The number of hydrogen-bond donors (Lipinski definition) is 2. The van der Waals surface area contributed by atoms with E-state index in [0.29, 0.717) is 35.7 Å². The number of carbonyl (C=O) groups excluding carboxylic acids is 2. The van der Waals surface area contributed by atoms with Crippen molar-refractivity contribution < 1.29 is 19.4 Å². The number of amides is 2. The van der Waals surface area contributed by atoms with E-state index in [4.69, 9.17) is 4.74 Å². The lowest BCUT2D eigenvalue weighted by atomic mass is 9.99. The number of benzene rings is 2. The first-order valence-electron chi connectivity index (χ1n) is 12.0. The van der Waals surface area contributed by atoms with Crippen molar-refractivity contribution in [2.24, 2.45) is 5.92 Å². The zero-order valence-electron chi connectivity index (χ0n) is 21.0. The van der Waals surface area contributed by atoms with Crippen molar-refractivity contribution in [3.63, 3.8) is 0 Å². The van der Waals surface area contributed by atoms with Crippen LogP contribution in [0.15, 0.2) is 54.0 Å². The number of aromatic nitrogens is 1. The van der Waals surface area contributed by atoms with Crippen molar-refractivity contribution in [3.8, 4) is 16.3 Å². The third kappa shape index (κ3) is 5.59. The predicted molar refractivity (Wildman–Crippen MR) is 142 cm³/mol. The summed E-state index contributed by atoms with van der Waals surface area (Å²) in [4.78, 5) is 34.7. The number of para-hydroxylation sites is 1. The molecule has 190 valence electrons. The molecule has 0 bridgehead atoms. The average Bonchev–Trinajstić information content (AvgIpc) is 3.41. The summed E-state index contributed by atoms with van der Waals surface area (Å²) < 4.78 is 6.45. The Balaban J connectivity index is 1.66. The average molecular weight is 509 g/mol. The summed E-state index contributed by atoms with van der Waals surface area (Å²) >= 11 is 1.54. The van der Waals surface area contributed by atoms with E-state index in [0.717, 1.165) is 10.6 Å². The molecule has 2 aromatic carbocycles. The van der Waals surface area contributed by atoms with Crippen molar-refractivity contribution in [1.82, 2.24) is 14.8 Å². The van der Waals surface area contributed by atoms with Crippen LogP contribution in [0.4, 0.5) is 5.69 Å². The van der Waals surface area contributed by atoms with Gasteiger partial charge in [-0.2, -0.15) is 0 Å². The number of fused-ring (bicyclic) bond motifs is 1. The van der Waals surface area contributed by atoms with Crippen molar-refractivity contribution in [2.45, 2.75) is 26.0 Å². The summed E-state index contributed by atoms with van der Waals surface area (Å²) in [5.41, 5.74) is 2.23. The fraction of sp³-hybridized carbons (Fsp3) is 0.370. The molecule has 0 saturated heterocycles. The second kappa shape index (κ2) is 11.2. The van der Waals surface area contributed by atoms with E-state index >= 15 is 0 Å². The smallest absolute Gasteiger partial charge is 0.258 e. The number of nitrogens with one attached hydrogen (secondary N) is 1. The Labute approximate surface area is 215 Å². The number of likely N-dealkylation sites (N-methyl/N-ethyl adjacent to an activating group) is 1. The monoisotopic (exact) mass is 508 g/mol. The standard InChI is InChI=1S/C27H32N4O4S/c1-17-14-31(18(2)16-32)27(34)21-6-5-7-22(24(21)35-23(17)15-30(3)4)29-25(33)19-8-10-20(11-9-19)26-28-12-13-36-26/h5-13,17-18,23,32H,14-16H2,1-4H3,(H,29,33)/t17-,18-,23+/m0/s1. The van der Waals surface area contributed by atoms with Crippen molar-refractivity contribution in [3.05, 3.63) is 65.2 Å². The van der Waals surface area contributed by atoms with E-state index in [1.165, 1.54) is 11.3 Å². The van der Waals surface area contributed by atoms with Crippen LogP contribution in [0.5, 0.6) is 5.75 Å². The van der Waals surface area contributed by atoms with E-state index in [2.05, 4.69) is 10.3 Å². The molecular weight excluding hydrogens is 476 g/mol. The predicted octanol–water partition coefficient (Wildman–Crippen LogP) is 3.84. The van der Waals surface area contributed by atoms with Crippen molar-refractivity contribution in [2.75, 3.05) is 39.1 Å². The van der Waals surface area contributed by atoms with Gasteiger partial charge in [-0.05, 0) is 45.3 Å². The lowest BCUT2D eigenvalue weighted by Crippen LogP contribution is -2.49. The Morgan fingerprint density at radius 3 is 2.67 bits per heavy atom. The maximum absolute atomic E-state index is 13.5. The van der Waals surface area contributed by atoms with Crippen LogP contribution in [0.25, 0.3) is 10.6 Å². The molecular formula is C27H32N4O4S. The van der Waals surface area contributed by atoms with Gasteiger partial charge in [0.25, 0.3) is 11.8 Å². The number of thiazole rings is 1. The van der Waals surface area contributed by atoms with E-state index < -0.39 is 0 Å². The van der Waals surface area contributed by atoms with Gasteiger partial charge in [-0.25, -0.2) is 4.98 Å². The molecule has 2 amide bonds. The maximum atomic E-state index is 13.5. The fourth-order valence-electron chi connectivity index (χ4n) is 4.24. The summed E-state index contributed by atoms with van der Waals surface area (Å²) in [7, 11) is 3.94. The SMILES string of the molecule is C[C@H]1CN([C@@H](C)CO)C(=O)c2cccc(NC(=O)c3ccc(-c4nccs4)cc3)c2O[C@@H]1CN(C)C. The van der Waals surface area contributed by atoms with Crippen LogP contribution < -0.4 is 10.1 Å². The lowest BCUT2D eigenvalue weighted by molar-refractivity contribution is 0.0365. The van der Waals surface area contributed by atoms with Crippen LogP contribution in [0.2, 0.25) is 0 Å². The zero-order valence-corrected chi connectivity index (χ0v) is 21.8. The Bertz CT molecular complexity index is 1200. The Hall–Kier alpha value is -3.27. The van der Waals surface area contributed by atoms with Gasteiger partial charge in [-0.3, -0.25) is 9.59 Å². The highest BCUT2D eigenvalue weighted by molar-refractivity contribution is 7.13. The number of aliphatic hydroxyl groups excluding tert-OH is 1. The van der Waals surface area contributed by atoms with Gasteiger partial charge in [0.05, 0.1) is 23.9 Å². The number of anilines is 1. The van der Waals surface area contributed by atoms with E-state index in [-0.39, 0.29) is 36.5 Å². The molecule has 1 aliphatic rings. The highest BCUT2D eigenvalue weighted by Gasteiger charge is 2.34. The van der Waals surface area contributed by atoms with Gasteiger partial charge in [-0.1, -0.05) is 25.1 Å². The summed E-state index contributed by atoms with van der Waals surface area (Å²) in [6.45, 7) is 4.82. The second-order valence-corrected chi connectivity index (χ2v) is 10.3. The van der Waals surface area contributed by atoms with Crippen LogP contribution >= 0.6 is 11.3 Å². The second-order valence-electron chi connectivity index (χ2n) is 9.44. The molecule has 0 unspecified atom stereocenters. The molecule has 3 atom stereocenters. The first-order chi connectivity index (χ1) is 17.3. The molecule has 2 N–H and O–H groups in total. The van der Waals surface area contributed by atoms with E-state index in [9.17, 15) is 14.7 Å². The number of carbonyl (C=O) groups is 2. The molecule has 0 aliphatic carbocycles. The number of ether oxygens (including phenoxy) is 1. The lowest BCUT2D eigenvalue weighted by Gasteiger charge is -2.38. The van der Waals surface area contributed by atoms with Gasteiger partial charge in [0, 0.05) is 41.7 Å². The quantitative estimate of drug-likeness (QED) is 0.504. The molecule has 4 rings (SSSR count). The maximum Gasteiger partial charge on any atom is 0.258 e. The minimum Gasteiger partial charge on any atom is -0.486 e. The number of hydrogen-bond acceptors (Lipinski definition) is 7. The van der Waals surface area contributed by atoms with E-state index in [1.54, 1.807) is 41.4 Å². The zero-order chi connectivity index (χ0) is 25.8. The van der Waals surface area contributed by atoms with Gasteiger partial charge in [0.15, 0.2) is 5.75 Å². The third-order valence-electron chi connectivity index (χ3n) is 6.31. The summed E-state index contributed by atoms with van der Waals surface area (Å²) in [5.74, 6) is -0.181. The van der Waals surface area contributed by atoms with Crippen LogP contribution in [0, 0.1) is 5.92 Å². The molecule has 0 radical (unpaired) electrons. The molecule has 0 spiro atoms. The van der Waals surface area contributed by atoms with Crippen LogP contribution in [-0.4, -0.2) is 77.6 Å². The molecule has 8 nitrogen and oxygen atoms in total. The normalized spacial score (nSPS) is 18.7. The first-order valence-corrected chi connectivity index (χ1v) is 12.8. The Kier molecular flexibility index (Phi) is 8.03. The highest BCUT2D eigenvalue weighted by Crippen LogP contribution is 2.35. The number of nitrogens with zero attached hydrogens (tertiary/aromatic N) is 3. The fourth-order valence-corrected chi connectivity index (χ4v) is 4.89. The minimum atomic E-state index is -0.347. The molecule has 1 aromatic heterocycles. The minimum absolute atomic E-state index is 0.000614. The largest absolute Gasteiger partial charge is 0.486 e. The summed E-state index contributed by atoms with van der Waals surface area (Å²) in [6, 6.07) is 12.1. The van der Waals surface area contributed by atoms with Crippen LogP contribution in [0.3, 0.4) is 0 Å². The molecule has 1 aliphatic heterocycles. The molecule has 36 heavy (non-hydrogen) atoms. The van der Waals surface area contributed by atoms with Gasteiger partial charge in [0.2, 0.25) is 0 Å². The topological polar surface area (TPSA) is 95.0 Å². The van der Waals surface area contributed by atoms with E-state index in [1.807, 2.05) is 50.4 Å².